The number of aromatic nitrogens is 1. The summed E-state index contributed by atoms with van der Waals surface area (Å²) in [5.41, 5.74) is 2.90. The predicted octanol–water partition coefficient (Wildman–Crippen LogP) is 1.14. The van der Waals surface area contributed by atoms with Gasteiger partial charge >= 0.3 is 0 Å². The number of nitrogens with zero attached hydrogens (tertiary/aromatic N) is 1. The average Bonchev–Trinajstić information content (AvgIpc) is 2.25. The van der Waals surface area contributed by atoms with Crippen LogP contribution in [-0.4, -0.2) is 17.4 Å². The maximum Gasteiger partial charge on any atom is 0.255 e. The number of carbonyl (C=O) groups is 1. The van der Waals surface area contributed by atoms with Crippen molar-refractivity contribution < 1.29 is 4.79 Å². The van der Waals surface area contributed by atoms with Crippen molar-refractivity contribution in [2.24, 2.45) is 11.3 Å². The first-order chi connectivity index (χ1) is 7.44. The molecule has 0 atom stereocenters. The summed E-state index contributed by atoms with van der Waals surface area (Å²) in [6.45, 7) is 6.76. The summed E-state index contributed by atoms with van der Waals surface area (Å²) >= 11 is 0. The SMILES string of the molecule is CC(C)(C)CNC(=O)c1cccnc1NN. The van der Waals surface area contributed by atoms with Gasteiger partial charge in [0, 0.05) is 12.7 Å². The zero-order chi connectivity index (χ0) is 12.2. The van der Waals surface area contributed by atoms with Gasteiger partial charge < -0.3 is 10.7 Å². The molecule has 5 heteroatoms. The van der Waals surface area contributed by atoms with Crippen molar-refractivity contribution in [2.75, 3.05) is 12.0 Å². The third-order valence-corrected chi connectivity index (χ3v) is 1.97. The first kappa shape index (κ1) is 12.4. The van der Waals surface area contributed by atoms with Gasteiger partial charge in [-0.1, -0.05) is 20.8 Å². The van der Waals surface area contributed by atoms with E-state index in [9.17, 15) is 4.79 Å². The maximum absolute atomic E-state index is 11.8. The monoisotopic (exact) mass is 222 g/mol. The van der Waals surface area contributed by atoms with Gasteiger partial charge in [0.2, 0.25) is 0 Å². The molecule has 1 aromatic heterocycles. The number of nitrogens with one attached hydrogen (secondary N) is 2. The van der Waals surface area contributed by atoms with Gasteiger partial charge in [-0.2, -0.15) is 0 Å². The standard InChI is InChI=1S/C11H18N4O/c1-11(2,3)7-14-10(16)8-5-4-6-13-9(8)15-12/h4-6H,7,12H2,1-3H3,(H,13,15)(H,14,16). The number of pyridine rings is 1. The zero-order valence-electron chi connectivity index (χ0n) is 9.87. The van der Waals surface area contributed by atoms with E-state index in [4.69, 9.17) is 5.84 Å². The van der Waals surface area contributed by atoms with Gasteiger partial charge in [-0.15, -0.1) is 0 Å². The minimum Gasteiger partial charge on any atom is -0.351 e. The van der Waals surface area contributed by atoms with Crippen molar-refractivity contribution >= 4 is 11.7 Å². The Balaban J connectivity index is 2.73. The Kier molecular flexibility index (Phi) is 3.84. The lowest BCUT2D eigenvalue weighted by molar-refractivity contribution is 0.0940. The van der Waals surface area contributed by atoms with Gasteiger partial charge in [-0.3, -0.25) is 4.79 Å². The third kappa shape index (κ3) is 3.51. The van der Waals surface area contributed by atoms with E-state index in [1.807, 2.05) is 0 Å². The van der Waals surface area contributed by atoms with E-state index >= 15 is 0 Å². The second-order valence-corrected chi connectivity index (χ2v) is 4.79. The molecule has 5 nitrogen and oxygen atoms in total. The van der Waals surface area contributed by atoms with Crippen molar-refractivity contribution in [2.45, 2.75) is 20.8 Å². The van der Waals surface area contributed by atoms with E-state index in [1.165, 1.54) is 0 Å². The first-order valence-corrected chi connectivity index (χ1v) is 5.14. The third-order valence-electron chi connectivity index (χ3n) is 1.97. The molecule has 16 heavy (non-hydrogen) atoms. The molecule has 88 valence electrons. The van der Waals surface area contributed by atoms with Crippen LogP contribution in [0.3, 0.4) is 0 Å². The molecule has 1 aromatic rings. The normalized spacial score (nSPS) is 11.0. The van der Waals surface area contributed by atoms with Gasteiger partial charge in [0.1, 0.15) is 0 Å². The van der Waals surface area contributed by atoms with Crippen LogP contribution in [0.2, 0.25) is 0 Å². The fourth-order valence-corrected chi connectivity index (χ4v) is 1.14. The number of nitrogen functional groups attached to an aromatic ring is 1. The fourth-order valence-electron chi connectivity index (χ4n) is 1.14. The van der Waals surface area contributed by atoms with Crippen LogP contribution >= 0.6 is 0 Å². The highest BCUT2D eigenvalue weighted by atomic mass is 16.1. The van der Waals surface area contributed by atoms with E-state index < -0.39 is 0 Å². The lowest BCUT2D eigenvalue weighted by Gasteiger charge is -2.19. The van der Waals surface area contributed by atoms with Crippen LogP contribution in [0, 0.1) is 5.41 Å². The lowest BCUT2D eigenvalue weighted by atomic mass is 9.97. The molecule has 0 aromatic carbocycles. The van der Waals surface area contributed by atoms with Crippen molar-refractivity contribution in [1.29, 1.82) is 0 Å². The number of nitrogens with two attached hydrogens (primary N) is 1. The molecule has 0 unspecified atom stereocenters. The highest BCUT2D eigenvalue weighted by molar-refractivity contribution is 5.98. The van der Waals surface area contributed by atoms with Gasteiger partial charge in [0.15, 0.2) is 5.82 Å². The molecule has 0 aliphatic heterocycles. The van der Waals surface area contributed by atoms with Crippen LogP contribution in [-0.2, 0) is 0 Å². The summed E-state index contributed by atoms with van der Waals surface area (Å²) in [6.07, 6.45) is 1.58. The van der Waals surface area contributed by atoms with E-state index in [2.05, 4.69) is 36.5 Å². The molecule has 0 saturated carbocycles. The van der Waals surface area contributed by atoms with Crippen LogP contribution < -0.4 is 16.6 Å². The zero-order valence-corrected chi connectivity index (χ0v) is 9.87. The number of hydrazine groups is 1. The summed E-state index contributed by atoms with van der Waals surface area (Å²) in [7, 11) is 0. The van der Waals surface area contributed by atoms with Crippen LogP contribution in [0.15, 0.2) is 18.3 Å². The van der Waals surface area contributed by atoms with Crippen molar-refractivity contribution in [3.05, 3.63) is 23.9 Å². The minimum absolute atomic E-state index is 0.0498. The Hall–Kier alpha value is -1.62. The Bertz CT molecular complexity index is 370. The molecule has 0 spiro atoms. The molecule has 0 bridgehead atoms. The van der Waals surface area contributed by atoms with E-state index in [0.717, 1.165) is 0 Å². The molecular formula is C11H18N4O. The number of hydrogen-bond acceptors (Lipinski definition) is 4. The van der Waals surface area contributed by atoms with Gasteiger partial charge in [0.05, 0.1) is 5.56 Å². The second-order valence-electron chi connectivity index (χ2n) is 4.79. The summed E-state index contributed by atoms with van der Waals surface area (Å²) in [5.74, 6) is 5.49. The lowest BCUT2D eigenvalue weighted by Crippen LogP contribution is -2.33. The van der Waals surface area contributed by atoms with Crippen molar-refractivity contribution in [3.8, 4) is 0 Å². The highest BCUT2D eigenvalue weighted by Gasteiger charge is 2.15. The highest BCUT2D eigenvalue weighted by Crippen LogP contribution is 2.13. The van der Waals surface area contributed by atoms with E-state index in [-0.39, 0.29) is 11.3 Å². The molecule has 1 amide bonds. The van der Waals surface area contributed by atoms with Gasteiger partial charge in [-0.05, 0) is 17.5 Å². The molecule has 0 fully saturated rings. The summed E-state index contributed by atoms with van der Waals surface area (Å²) in [5, 5.41) is 2.84. The van der Waals surface area contributed by atoms with Crippen molar-refractivity contribution in [1.82, 2.24) is 10.3 Å². The Morgan fingerprint density at radius 3 is 2.75 bits per heavy atom. The quantitative estimate of drug-likeness (QED) is 0.529. The van der Waals surface area contributed by atoms with E-state index in [0.29, 0.717) is 17.9 Å². The molecular weight excluding hydrogens is 204 g/mol. The molecule has 0 radical (unpaired) electrons. The average molecular weight is 222 g/mol. The molecule has 1 rings (SSSR count). The second kappa shape index (κ2) is 4.94. The Morgan fingerprint density at radius 2 is 2.19 bits per heavy atom. The number of carbonyl (C=O) groups excluding carboxylic acids is 1. The molecule has 1 heterocycles. The van der Waals surface area contributed by atoms with Gasteiger partial charge in [-0.25, -0.2) is 10.8 Å². The molecule has 0 aliphatic rings. The number of hydrogen-bond donors (Lipinski definition) is 3. The van der Waals surface area contributed by atoms with E-state index in [1.54, 1.807) is 18.3 Å². The molecule has 0 aliphatic carbocycles. The molecule has 0 saturated heterocycles. The fraction of sp³-hybridized carbons (Fsp3) is 0.455. The molecule has 4 N–H and O–H groups in total. The van der Waals surface area contributed by atoms with Crippen LogP contribution in [0.25, 0.3) is 0 Å². The Labute approximate surface area is 95.4 Å². The number of anilines is 1. The van der Waals surface area contributed by atoms with Crippen LogP contribution in [0.4, 0.5) is 5.82 Å². The smallest absolute Gasteiger partial charge is 0.255 e. The van der Waals surface area contributed by atoms with Gasteiger partial charge in [0.25, 0.3) is 5.91 Å². The summed E-state index contributed by atoms with van der Waals surface area (Å²) in [4.78, 5) is 15.8. The topological polar surface area (TPSA) is 80.0 Å². The summed E-state index contributed by atoms with van der Waals surface area (Å²) in [6, 6.07) is 3.38. The summed E-state index contributed by atoms with van der Waals surface area (Å²) < 4.78 is 0. The first-order valence-electron chi connectivity index (χ1n) is 5.14. The minimum atomic E-state index is -0.170. The van der Waals surface area contributed by atoms with Crippen LogP contribution in [0.5, 0.6) is 0 Å². The predicted molar refractivity (Wildman–Crippen MR) is 63.8 cm³/mol. The maximum atomic E-state index is 11.8. The Morgan fingerprint density at radius 1 is 1.50 bits per heavy atom. The van der Waals surface area contributed by atoms with Crippen LogP contribution in [0.1, 0.15) is 31.1 Å². The van der Waals surface area contributed by atoms with Crippen molar-refractivity contribution in [3.63, 3.8) is 0 Å². The number of amides is 1. The largest absolute Gasteiger partial charge is 0.351 e. The number of rotatable bonds is 3.